The van der Waals surface area contributed by atoms with E-state index in [1.165, 1.54) is 32.6 Å². The summed E-state index contributed by atoms with van der Waals surface area (Å²) in [6.45, 7) is 0. The van der Waals surface area contributed by atoms with Gasteiger partial charge in [0.15, 0.2) is 17.5 Å². The van der Waals surface area contributed by atoms with Gasteiger partial charge in [-0.1, -0.05) is 140 Å². The van der Waals surface area contributed by atoms with Crippen molar-refractivity contribution >= 4 is 43.4 Å². The Balaban J connectivity index is 1.07. The van der Waals surface area contributed by atoms with Crippen LogP contribution in [-0.2, 0) is 0 Å². The van der Waals surface area contributed by atoms with Crippen molar-refractivity contribution in [3.8, 4) is 51.0 Å². The van der Waals surface area contributed by atoms with Gasteiger partial charge in [-0.3, -0.25) is 0 Å². The zero-order valence-electron chi connectivity index (χ0n) is 27.6. The van der Waals surface area contributed by atoms with Gasteiger partial charge in [0.2, 0.25) is 0 Å². The molecule has 0 N–H and O–H groups in total. The quantitative estimate of drug-likeness (QED) is 0.186. The largest absolute Gasteiger partial charge is 0.309 e. The molecule has 51 heavy (non-hydrogen) atoms. The maximum absolute atomic E-state index is 5.08. The third kappa shape index (κ3) is 5.13. The van der Waals surface area contributed by atoms with Gasteiger partial charge in [-0.25, -0.2) is 15.0 Å². The molecule has 0 saturated heterocycles. The van der Waals surface area contributed by atoms with Crippen molar-refractivity contribution in [2.24, 2.45) is 0 Å². The van der Waals surface area contributed by atoms with Crippen LogP contribution in [0.2, 0.25) is 0 Å². The number of aromatic nitrogens is 4. The number of para-hydroxylation sites is 2. The van der Waals surface area contributed by atoms with Crippen LogP contribution >= 0.6 is 0 Å². The van der Waals surface area contributed by atoms with Crippen LogP contribution in [0.3, 0.4) is 0 Å². The molecular weight excluding hydrogens is 621 g/mol. The fraction of sp³-hybridized carbons (Fsp3) is 0. The van der Waals surface area contributed by atoms with Crippen LogP contribution in [0.15, 0.2) is 182 Å². The van der Waals surface area contributed by atoms with Crippen LogP contribution in [0, 0.1) is 0 Å². The smallest absolute Gasteiger partial charge is 0.164 e. The summed E-state index contributed by atoms with van der Waals surface area (Å²) < 4.78 is 2.35. The highest BCUT2D eigenvalue weighted by molar-refractivity contribution is 6.09. The summed E-state index contributed by atoms with van der Waals surface area (Å²) in [5, 5.41) is 7.18. The van der Waals surface area contributed by atoms with Crippen molar-refractivity contribution in [3.63, 3.8) is 0 Å². The molecule has 0 radical (unpaired) electrons. The Labute approximate surface area is 295 Å². The lowest BCUT2D eigenvalue weighted by Crippen LogP contribution is -2.00. The zero-order chi connectivity index (χ0) is 33.7. The molecule has 0 aliphatic heterocycles. The molecule has 0 aliphatic rings. The first-order valence-corrected chi connectivity index (χ1v) is 17.2. The Morgan fingerprint density at radius 1 is 0.294 bits per heavy atom. The van der Waals surface area contributed by atoms with Crippen LogP contribution in [0.1, 0.15) is 0 Å². The van der Waals surface area contributed by atoms with E-state index in [1.54, 1.807) is 0 Å². The third-order valence-electron chi connectivity index (χ3n) is 9.81. The SMILES string of the molecule is c1cc(-c2ccc(-n3c4ccccc4c4ccccc43)cc2)cc(-c2nc(-c3ccc4ccccc4c3)nc(-c3ccc4ccccc4c3)n2)c1. The summed E-state index contributed by atoms with van der Waals surface area (Å²) in [5.41, 5.74) is 8.60. The lowest BCUT2D eigenvalue weighted by Gasteiger charge is -2.11. The van der Waals surface area contributed by atoms with Gasteiger partial charge >= 0.3 is 0 Å². The maximum atomic E-state index is 5.08. The van der Waals surface area contributed by atoms with Gasteiger partial charge in [0.05, 0.1) is 11.0 Å². The van der Waals surface area contributed by atoms with Gasteiger partial charge in [0.1, 0.15) is 0 Å². The molecule has 0 saturated carbocycles. The Hall–Kier alpha value is -6.91. The summed E-state index contributed by atoms with van der Waals surface area (Å²) in [5.74, 6) is 1.93. The predicted octanol–water partition coefficient (Wildman–Crippen LogP) is 11.9. The van der Waals surface area contributed by atoms with Gasteiger partial charge in [0, 0.05) is 33.2 Å². The first-order chi connectivity index (χ1) is 25.2. The summed E-state index contributed by atoms with van der Waals surface area (Å²) in [6, 6.07) is 64.1. The molecule has 0 atom stereocenters. The van der Waals surface area contributed by atoms with E-state index in [2.05, 4.69) is 187 Å². The summed E-state index contributed by atoms with van der Waals surface area (Å²) in [7, 11) is 0. The Morgan fingerprint density at radius 2 is 0.725 bits per heavy atom. The lowest BCUT2D eigenvalue weighted by molar-refractivity contribution is 1.08. The van der Waals surface area contributed by atoms with Crippen molar-refractivity contribution < 1.29 is 0 Å². The monoisotopic (exact) mass is 650 g/mol. The van der Waals surface area contributed by atoms with Crippen molar-refractivity contribution in [3.05, 3.63) is 182 Å². The minimum absolute atomic E-state index is 0.639. The third-order valence-corrected chi connectivity index (χ3v) is 9.81. The molecule has 0 unspecified atom stereocenters. The van der Waals surface area contributed by atoms with E-state index < -0.39 is 0 Å². The molecular formula is C47H30N4. The minimum atomic E-state index is 0.639. The van der Waals surface area contributed by atoms with Gasteiger partial charge in [0.25, 0.3) is 0 Å². The summed E-state index contributed by atoms with van der Waals surface area (Å²) >= 11 is 0. The summed E-state index contributed by atoms with van der Waals surface area (Å²) in [4.78, 5) is 15.2. The number of rotatable bonds is 5. The highest BCUT2D eigenvalue weighted by Crippen LogP contribution is 2.34. The molecule has 0 bridgehead atoms. The number of fused-ring (bicyclic) bond motifs is 5. The van der Waals surface area contributed by atoms with Gasteiger partial charge in [-0.15, -0.1) is 0 Å². The predicted molar refractivity (Wildman–Crippen MR) is 211 cm³/mol. The van der Waals surface area contributed by atoms with Crippen LogP contribution in [-0.4, -0.2) is 19.5 Å². The topological polar surface area (TPSA) is 43.6 Å². The molecule has 238 valence electrons. The fourth-order valence-electron chi connectivity index (χ4n) is 7.26. The van der Waals surface area contributed by atoms with Crippen LogP contribution in [0.5, 0.6) is 0 Å². The second-order valence-electron chi connectivity index (χ2n) is 12.9. The minimum Gasteiger partial charge on any atom is -0.309 e. The summed E-state index contributed by atoms with van der Waals surface area (Å²) in [6.07, 6.45) is 0. The van der Waals surface area contributed by atoms with Crippen LogP contribution in [0.25, 0.3) is 94.3 Å². The molecule has 10 rings (SSSR count). The van der Waals surface area contributed by atoms with Crippen molar-refractivity contribution in [2.45, 2.75) is 0 Å². The standard InChI is InChI=1S/C47H30N4/c1-3-12-34-29-38(22-20-31(34)10-1)46-48-45(49-47(50-46)39-23-21-32-11-2-4-13-35(32)30-39)37-15-9-14-36(28-37)33-24-26-40(27-25-33)51-43-18-7-5-16-41(43)42-17-6-8-19-44(42)51/h1-30H. The van der Waals surface area contributed by atoms with Crippen molar-refractivity contribution in [1.82, 2.24) is 19.5 Å². The van der Waals surface area contributed by atoms with E-state index in [1.807, 2.05) is 0 Å². The van der Waals surface area contributed by atoms with Gasteiger partial charge in [-0.05, 0) is 75.1 Å². The van der Waals surface area contributed by atoms with E-state index in [4.69, 9.17) is 15.0 Å². The van der Waals surface area contributed by atoms with Crippen LogP contribution < -0.4 is 0 Å². The highest BCUT2D eigenvalue weighted by Gasteiger charge is 2.15. The molecule has 0 spiro atoms. The molecule has 2 aromatic heterocycles. The number of hydrogen-bond donors (Lipinski definition) is 0. The molecule has 4 nitrogen and oxygen atoms in total. The van der Waals surface area contributed by atoms with Gasteiger partial charge < -0.3 is 4.57 Å². The second-order valence-corrected chi connectivity index (χ2v) is 12.9. The molecule has 0 amide bonds. The first kappa shape index (κ1) is 29.0. The molecule has 2 heterocycles. The Morgan fingerprint density at radius 3 is 1.27 bits per heavy atom. The molecule has 0 fully saturated rings. The zero-order valence-corrected chi connectivity index (χ0v) is 27.6. The van der Waals surface area contributed by atoms with E-state index in [-0.39, 0.29) is 0 Å². The number of hydrogen-bond acceptors (Lipinski definition) is 3. The Kier molecular flexibility index (Phi) is 6.78. The van der Waals surface area contributed by atoms with Crippen molar-refractivity contribution in [2.75, 3.05) is 0 Å². The second kappa shape index (κ2) is 11.9. The molecule has 0 aliphatic carbocycles. The number of benzene rings is 8. The fourth-order valence-corrected chi connectivity index (χ4v) is 7.26. The van der Waals surface area contributed by atoms with Gasteiger partial charge in [-0.2, -0.15) is 0 Å². The lowest BCUT2D eigenvalue weighted by atomic mass is 10.0. The van der Waals surface area contributed by atoms with E-state index in [0.29, 0.717) is 17.5 Å². The molecule has 8 aromatic carbocycles. The average molecular weight is 651 g/mol. The van der Waals surface area contributed by atoms with Crippen molar-refractivity contribution in [1.29, 1.82) is 0 Å². The van der Waals surface area contributed by atoms with E-state index in [9.17, 15) is 0 Å². The molecule has 4 heteroatoms. The van der Waals surface area contributed by atoms with E-state index in [0.717, 1.165) is 44.3 Å². The van der Waals surface area contributed by atoms with Crippen LogP contribution in [0.4, 0.5) is 0 Å². The molecule has 10 aromatic rings. The van der Waals surface area contributed by atoms with E-state index >= 15 is 0 Å². The maximum Gasteiger partial charge on any atom is 0.164 e. The number of nitrogens with zero attached hydrogens (tertiary/aromatic N) is 4. The average Bonchev–Trinajstić information content (AvgIpc) is 3.55. The Bertz CT molecular complexity index is 2770. The first-order valence-electron chi connectivity index (χ1n) is 17.2. The highest BCUT2D eigenvalue weighted by atomic mass is 15.0. The normalized spacial score (nSPS) is 11.5.